The van der Waals surface area contributed by atoms with Gasteiger partial charge < -0.3 is 0 Å². The number of hydrogen-bond donors (Lipinski definition) is 0. The molecule has 1 heterocycles. The van der Waals surface area contributed by atoms with Crippen molar-refractivity contribution in [3.05, 3.63) is 29.1 Å². The van der Waals surface area contributed by atoms with E-state index in [1.54, 1.807) is 0 Å². The van der Waals surface area contributed by atoms with Gasteiger partial charge in [-0.2, -0.15) is 0 Å². The standard InChI is InChI=1S/C16H25N/c1-12(2)15-9-13(3)17-16(11-15)10-14-7-5-4-6-8-14/h9,11-12,14H,4-8,10H2,1-3H3. The SMILES string of the molecule is Cc1cc(C(C)C)cc(CC2CCCCC2)n1. The molecular weight excluding hydrogens is 206 g/mol. The zero-order chi connectivity index (χ0) is 12.3. The highest BCUT2D eigenvalue weighted by Gasteiger charge is 2.15. The van der Waals surface area contributed by atoms with Crippen LogP contribution in [0.15, 0.2) is 12.1 Å². The largest absolute Gasteiger partial charge is 0.258 e. The number of hydrogen-bond acceptors (Lipinski definition) is 1. The van der Waals surface area contributed by atoms with E-state index in [0.717, 1.165) is 5.92 Å². The minimum absolute atomic E-state index is 0.613. The molecule has 1 fully saturated rings. The summed E-state index contributed by atoms with van der Waals surface area (Å²) in [6.45, 7) is 6.65. The molecule has 1 aliphatic carbocycles. The van der Waals surface area contributed by atoms with Crippen LogP contribution < -0.4 is 0 Å². The Kier molecular flexibility index (Phi) is 4.20. The molecule has 0 spiro atoms. The Hall–Kier alpha value is -0.850. The molecule has 0 aliphatic heterocycles. The Bertz CT molecular complexity index is 362. The van der Waals surface area contributed by atoms with Crippen molar-refractivity contribution in [2.24, 2.45) is 5.92 Å². The van der Waals surface area contributed by atoms with Crippen molar-refractivity contribution in [1.82, 2.24) is 4.98 Å². The first-order valence-electron chi connectivity index (χ1n) is 7.12. The van der Waals surface area contributed by atoms with Crippen LogP contribution in [-0.4, -0.2) is 4.98 Å². The number of nitrogens with zero attached hydrogens (tertiary/aromatic N) is 1. The summed E-state index contributed by atoms with van der Waals surface area (Å²) in [5.74, 6) is 1.50. The predicted octanol–water partition coefficient (Wildman–Crippen LogP) is 4.64. The molecule has 0 amide bonds. The van der Waals surface area contributed by atoms with Gasteiger partial charge in [0.2, 0.25) is 0 Å². The van der Waals surface area contributed by atoms with Crippen molar-refractivity contribution < 1.29 is 0 Å². The molecule has 1 aromatic rings. The molecule has 0 bridgehead atoms. The van der Waals surface area contributed by atoms with Gasteiger partial charge in [-0.25, -0.2) is 0 Å². The van der Waals surface area contributed by atoms with Crippen LogP contribution in [0.25, 0.3) is 0 Å². The van der Waals surface area contributed by atoms with Crippen LogP contribution in [0.5, 0.6) is 0 Å². The quantitative estimate of drug-likeness (QED) is 0.738. The summed E-state index contributed by atoms with van der Waals surface area (Å²) < 4.78 is 0. The molecule has 1 saturated carbocycles. The van der Waals surface area contributed by atoms with Gasteiger partial charge in [0, 0.05) is 11.4 Å². The fourth-order valence-corrected chi connectivity index (χ4v) is 2.89. The number of aryl methyl sites for hydroxylation is 1. The number of rotatable bonds is 3. The Labute approximate surface area is 106 Å². The van der Waals surface area contributed by atoms with E-state index in [4.69, 9.17) is 4.98 Å². The lowest BCUT2D eigenvalue weighted by Gasteiger charge is -2.21. The number of pyridine rings is 1. The van der Waals surface area contributed by atoms with E-state index in [0.29, 0.717) is 5.92 Å². The molecular formula is C16H25N. The van der Waals surface area contributed by atoms with E-state index in [-0.39, 0.29) is 0 Å². The third kappa shape index (κ3) is 3.55. The molecule has 1 heteroatoms. The van der Waals surface area contributed by atoms with Gasteiger partial charge in [-0.3, -0.25) is 4.98 Å². The normalized spacial score (nSPS) is 17.6. The first-order chi connectivity index (χ1) is 8.15. The van der Waals surface area contributed by atoms with E-state index < -0.39 is 0 Å². The topological polar surface area (TPSA) is 12.9 Å². The van der Waals surface area contributed by atoms with Crippen molar-refractivity contribution in [2.45, 2.75) is 65.2 Å². The average molecular weight is 231 g/mol. The van der Waals surface area contributed by atoms with Crippen LogP contribution in [0.1, 0.15) is 68.8 Å². The first-order valence-corrected chi connectivity index (χ1v) is 7.12. The lowest BCUT2D eigenvalue weighted by atomic mass is 9.85. The van der Waals surface area contributed by atoms with Gasteiger partial charge in [-0.05, 0) is 42.9 Å². The molecule has 0 unspecified atom stereocenters. The van der Waals surface area contributed by atoms with Crippen LogP contribution in [0.4, 0.5) is 0 Å². The van der Waals surface area contributed by atoms with Crippen LogP contribution in [0.3, 0.4) is 0 Å². The Morgan fingerprint density at radius 3 is 2.53 bits per heavy atom. The van der Waals surface area contributed by atoms with E-state index >= 15 is 0 Å². The summed E-state index contributed by atoms with van der Waals surface area (Å²) in [5, 5.41) is 0. The molecule has 2 rings (SSSR count). The molecule has 1 nitrogen and oxygen atoms in total. The van der Waals surface area contributed by atoms with Gasteiger partial charge in [0.15, 0.2) is 0 Å². The highest BCUT2D eigenvalue weighted by molar-refractivity contribution is 5.24. The lowest BCUT2D eigenvalue weighted by molar-refractivity contribution is 0.354. The van der Waals surface area contributed by atoms with Crippen LogP contribution in [0, 0.1) is 12.8 Å². The Balaban J connectivity index is 2.09. The highest BCUT2D eigenvalue weighted by Crippen LogP contribution is 2.27. The van der Waals surface area contributed by atoms with Crippen molar-refractivity contribution in [3.63, 3.8) is 0 Å². The molecule has 0 saturated heterocycles. The second-order valence-electron chi connectivity index (χ2n) is 5.90. The predicted molar refractivity (Wildman–Crippen MR) is 73.3 cm³/mol. The van der Waals surface area contributed by atoms with Crippen LogP contribution in [-0.2, 0) is 6.42 Å². The van der Waals surface area contributed by atoms with Crippen molar-refractivity contribution in [3.8, 4) is 0 Å². The summed E-state index contributed by atoms with van der Waals surface area (Å²) in [5.41, 5.74) is 3.95. The fraction of sp³-hybridized carbons (Fsp3) is 0.688. The molecule has 0 N–H and O–H groups in total. The maximum absolute atomic E-state index is 4.71. The van der Waals surface area contributed by atoms with Crippen molar-refractivity contribution in [1.29, 1.82) is 0 Å². The second kappa shape index (κ2) is 5.66. The number of aromatic nitrogens is 1. The third-order valence-electron chi connectivity index (χ3n) is 3.92. The van der Waals surface area contributed by atoms with Gasteiger partial charge in [0.05, 0.1) is 0 Å². The monoisotopic (exact) mass is 231 g/mol. The van der Waals surface area contributed by atoms with Gasteiger partial charge in [-0.1, -0.05) is 46.0 Å². The second-order valence-corrected chi connectivity index (χ2v) is 5.90. The molecule has 0 atom stereocenters. The van der Waals surface area contributed by atoms with Crippen molar-refractivity contribution in [2.75, 3.05) is 0 Å². The van der Waals surface area contributed by atoms with E-state index in [1.807, 2.05) is 0 Å². The summed E-state index contributed by atoms with van der Waals surface area (Å²) in [6.07, 6.45) is 8.30. The molecule has 1 aromatic heterocycles. The average Bonchev–Trinajstić information content (AvgIpc) is 2.29. The molecule has 17 heavy (non-hydrogen) atoms. The van der Waals surface area contributed by atoms with E-state index in [2.05, 4.69) is 32.9 Å². The first kappa shape index (κ1) is 12.6. The molecule has 1 aliphatic rings. The Morgan fingerprint density at radius 1 is 1.18 bits per heavy atom. The van der Waals surface area contributed by atoms with Gasteiger partial charge in [-0.15, -0.1) is 0 Å². The summed E-state index contributed by atoms with van der Waals surface area (Å²) in [6, 6.07) is 4.56. The zero-order valence-electron chi connectivity index (χ0n) is 11.5. The highest BCUT2D eigenvalue weighted by atomic mass is 14.7. The molecule has 0 aromatic carbocycles. The lowest BCUT2D eigenvalue weighted by Crippen LogP contribution is -2.11. The third-order valence-corrected chi connectivity index (χ3v) is 3.92. The minimum atomic E-state index is 0.613. The van der Waals surface area contributed by atoms with Crippen LogP contribution >= 0.6 is 0 Å². The molecule has 0 radical (unpaired) electrons. The maximum Gasteiger partial charge on any atom is 0.0412 e. The Morgan fingerprint density at radius 2 is 1.88 bits per heavy atom. The van der Waals surface area contributed by atoms with E-state index in [9.17, 15) is 0 Å². The van der Waals surface area contributed by atoms with Gasteiger partial charge in [0.1, 0.15) is 0 Å². The smallest absolute Gasteiger partial charge is 0.0412 e. The van der Waals surface area contributed by atoms with Gasteiger partial charge >= 0.3 is 0 Å². The summed E-state index contributed by atoms with van der Waals surface area (Å²) >= 11 is 0. The van der Waals surface area contributed by atoms with Crippen LogP contribution in [0.2, 0.25) is 0 Å². The summed E-state index contributed by atoms with van der Waals surface area (Å²) in [7, 11) is 0. The fourth-order valence-electron chi connectivity index (χ4n) is 2.89. The molecule has 94 valence electrons. The van der Waals surface area contributed by atoms with E-state index in [1.165, 1.54) is 55.5 Å². The summed E-state index contributed by atoms with van der Waals surface area (Å²) in [4.78, 5) is 4.71. The minimum Gasteiger partial charge on any atom is -0.258 e. The van der Waals surface area contributed by atoms with Gasteiger partial charge in [0.25, 0.3) is 0 Å². The zero-order valence-corrected chi connectivity index (χ0v) is 11.5. The van der Waals surface area contributed by atoms with Crippen molar-refractivity contribution >= 4 is 0 Å². The maximum atomic E-state index is 4.71.